The minimum absolute atomic E-state index is 0.212. The van der Waals surface area contributed by atoms with Crippen molar-refractivity contribution in [3.05, 3.63) is 72.8 Å². The zero-order valence-corrected chi connectivity index (χ0v) is 16.5. The highest BCUT2D eigenvalue weighted by atomic mass is 19.1. The fourth-order valence-corrected chi connectivity index (χ4v) is 3.87. The Kier molecular flexibility index (Phi) is 4.63. The van der Waals surface area contributed by atoms with Gasteiger partial charge in [-0.05, 0) is 36.8 Å². The largest absolute Gasteiger partial charge is 0.394 e. The SMILES string of the molecule is O=C(N[C@@]1(CO)CCN(c2nccn3ccnc23)C1)c1ccn(-c2ccc(F)cc2)n1. The van der Waals surface area contributed by atoms with E-state index in [1.165, 1.54) is 16.8 Å². The quantitative estimate of drug-likeness (QED) is 0.506. The molecule has 0 radical (unpaired) electrons. The Bertz CT molecular complexity index is 1240. The predicted octanol–water partition coefficient (Wildman–Crippen LogP) is 1.43. The van der Waals surface area contributed by atoms with Crippen LogP contribution in [0.25, 0.3) is 11.3 Å². The molecule has 31 heavy (non-hydrogen) atoms. The molecule has 0 bridgehead atoms. The second kappa shape index (κ2) is 7.47. The number of aromatic nitrogens is 5. The molecule has 0 spiro atoms. The summed E-state index contributed by atoms with van der Waals surface area (Å²) in [6.45, 7) is 0.795. The second-order valence-corrected chi connectivity index (χ2v) is 7.60. The third-order valence-electron chi connectivity index (χ3n) is 5.54. The molecule has 0 aliphatic carbocycles. The van der Waals surface area contributed by atoms with Crippen molar-refractivity contribution in [1.82, 2.24) is 29.5 Å². The third kappa shape index (κ3) is 3.50. The first-order valence-electron chi connectivity index (χ1n) is 9.85. The maximum Gasteiger partial charge on any atom is 0.272 e. The normalized spacial score (nSPS) is 18.6. The number of amides is 1. The highest BCUT2D eigenvalue weighted by molar-refractivity contribution is 5.93. The van der Waals surface area contributed by atoms with E-state index >= 15 is 0 Å². The third-order valence-corrected chi connectivity index (χ3v) is 5.54. The van der Waals surface area contributed by atoms with Crippen LogP contribution in [0.1, 0.15) is 16.9 Å². The first-order valence-corrected chi connectivity index (χ1v) is 9.85. The molecule has 1 amide bonds. The van der Waals surface area contributed by atoms with Gasteiger partial charge in [-0.1, -0.05) is 0 Å². The highest BCUT2D eigenvalue weighted by Crippen LogP contribution is 2.28. The van der Waals surface area contributed by atoms with Crippen LogP contribution in [-0.2, 0) is 0 Å². The van der Waals surface area contributed by atoms with Gasteiger partial charge < -0.3 is 19.7 Å². The van der Waals surface area contributed by atoms with Crippen molar-refractivity contribution < 1.29 is 14.3 Å². The highest BCUT2D eigenvalue weighted by Gasteiger charge is 2.40. The molecule has 0 unspecified atom stereocenters. The number of rotatable bonds is 5. The minimum Gasteiger partial charge on any atom is -0.394 e. The monoisotopic (exact) mass is 421 g/mol. The van der Waals surface area contributed by atoms with Gasteiger partial charge in [-0.25, -0.2) is 19.0 Å². The van der Waals surface area contributed by atoms with E-state index in [0.717, 1.165) is 5.65 Å². The smallest absolute Gasteiger partial charge is 0.272 e. The van der Waals surface area contributed by atoms with Crippen molar-refractivity contribution in [3.8, 4) is 5.69 Å². The van der Waals surface area contributed by atoms with Gasteiger partial charge in [-0.15, -0.1) is 0 Å². The van der Waals surface area contributed by atoms with Crippen molar-refractivity contribution in [1.29, 1.82) is 0 Å². The van der Waals surface area contributed by atoms with Crippen LogP contribution in [0.15, 0.2) is 61.3 Å². The van der Waals surface area contributed by atoms with Gasteiger partial charge in [0.2, 0.25) is 0 Å². The van der Waals surface area contributed by atoms with E-state index in [1.54, 1.807) is 36.8 Å². The van der Waals surface area contributed by atoms with Gasteiger partial charge in [0.1, 0.15) is 5.82 Å². The maximum absolute atomic E-state index is 13.1. The van der Waals surface area contributed by atoms with E-state index in [2.05, 4.69) is 20.4 Å². The number of aliphatic hydroxyl groups excluding tert-OH is 1. The first-order chi connectivity index (χ1) is 15.1. The van der Waals surface area contributed by atoms with E-state index in [9.17, 15) is 14.3 Å². The average molecular weight is 421 g/mol. The van der Waals surface area contributed by atoms with Crippen molar-refractivity contribution >= 4 is 17.4 Å². The Labute approximate surface area is 176 Å². The molecule has 1 aliphatic rings. The van der Waals surface area contributed by atoms with Crippen molar-refractivity contribution in [2.45, 2.75) is 12.0 Å². The number of nitrogens with one attached hydrogen (secondary N) is 1. The molecular weight excluding hydrogens is 401 g/mol. The Morgan fingerprint density at radius 3 is 2.68 bits per heavy atom. The zero-order chi connectivity index (χ0) is 21.4. The second-order valence-electron chi connectivity index (χ2n) is 7.60. The summed E-state index contributed by atoms with van der Waals surface area (Å²) in [4.78, 5) is 23.7. The lowest BCUT2D eigenvalue weighted by Gasteiger charge is -2.28. The van der Waals surface area contributed by atoms with Gasteiger partial charge in [-0.3, -0.25) is 4.79 Å². The Balaban J connectivity index is 1.33. The summed E-state index contributed by atoms with van der Waals surface area (Å²) in [5.74, 6) is -0.0218. The maximum atomic E-state index is 13.1. The van der Waals surface area contributed by atoms with E-state index in [1.807, 2.05) is 21.7 Å². The van der Waals surface area contributed by atoms with Gasteiger partial charge in [0.25, 0.3) is 5.91 Å². The van der Waals surface area contributed by atoms with Crippen LogP contribution in [0, 0.1) is 5.82 Å². The van der Waals surface area contributed by atoms with Gasteiger partial charge in [0.05, 0.1) is 17.8 Å². The molecule has 9 nitrogen and oxygen atoms in total. The number of hydrogen-bond donors (Lipinski definition) is 2. The summed E-state index contributed by atoms with van der Waals surface area (Å²) in [7, 11) is 0. The standard InChI is InChI=1S/C21H20FN7O2/c22-15-1-3-16(4-2-15)29-9-5-17(26-29)20(31)25-21(14-30)6-10-28(13-21)19-18-23-7-11-27(18)12-8-24-19/h1-5,7-9,11-12,30H,6,10,13-14H2,(H,25,31)/t21-/m0/s1. The van der Waals surface area contributed by atoms with Gasteiger partial charge in [-0.2, -0.15) is 5.10 Å². The number of benzene rings is 1. The van der Waals surface area contributed by atoms with Gasteiger partial charge in [0.15, 0.2) is 17.2 Å². The molecule has 1 aromatic carbocycles. The number of hydrogen-bond acceptors (Lipinski definition) is 6. The van der Waals surface area contributed by atoms with Crippen LogP contribution in [0.4, 0.5) is 10.2 Å². The molecule has 2 N–H and O–H groups in total. The summed E-state index contributed by atoms with van der Waals surface area (Å²) in [6, 6.07) is 7.41. The number of imidazole rings is 1. The Morgan fingerprint density at radius 2 is 1.90 bits per heavy atom. The average Bonchev–Trinajstić information content (AvgIpc) is 3.53. The molecule has 4 aromatic rings. The van der Waals surface area contributed by atoms with Crippen LogP contribution in [0.3, 0.4) is 0 Å². The number of carbonyl (C=O) groups is 1. The molecule has 158 valence electrons. The van der Waals surface area contributed by atoms with E-state index in [4.69, 9.17) is 0 Å². The van der Waals surface area contributed by atoms with Crippen LogP contribution in [0.5, 0.6) is 0 Å². The molecule has 4 heterocycles. The number of fused-ring (bicyclic) bond motifs is 1. The fourth-order valence-electron chi connectivity index (χ4n) is 3.87. The molecule has 1 fully saturated rings. The molecular formula is C21H20FN7O2. The summed E-state index contributed by atoms with van der Waals surface area (Å²) in [5.41, 5.74) is 0.755. The Hall–Kier alpha value is -3.79. The molecule has 1 aliphatic heterocycles. The van der Waals surface area contributed by atoms with Gasteiger partial charge in [0, 0.05) is 44.1 Å². The van der Waals surface area contributed by atoms with E-state index in [0.29, 0.717) is 31.0 Å². The number of carbonyl (C=O) groups excluding carboxylic acids is 1. The van der Waals surface area contributed by atoms with Crippen molar-refractivity contribution in [2.24, 2.45) is 0 Å². The molecule has 1 atom stereocenters. The van der Waals surface area contributed by atoms with Crippen LogP contribution in [0.2, 0.25) is 0 Å². The minimum atomic E-state index is -0.822. The van der Waals surface area contributed by atoms with Crippen LogP contribution >= 0.6 is 0 Å². The number of halogens is 1. The van der Waals surface area contributed by atoms with Crippen LogP contribution < -0.4 is 10.2 Å². The lowest BCUT2D eigenvalue weighted by atomic mass is 9.99. The number of aliphatic hydroxyl groups is 1. The lowest BCUT2D eigenvalue weighted by Crippen LogP contribution is -2.53. The van der Waals surface area contributed by atoms with Crippen molar-refractivity contribution in [3.63, 3.8) is 0 Å². The summed E-state index contributed by atoms with van der Waals surface area (Å²) in [5, 5.41) is 17.4. The predicted molar refractivity (Wildman–Crippen MR) is 111 cm³/mol. The summed E-state index contributed by atoms with van der Waals surface area (Å²) >= 11 is 0. The molecule has 0 saturated carbocycles. The molecule has 5 rings (SSSR count). The summed E-state index contributed by atoms with van der Waals surface area (Å²) in [6.07, 6.45) is 9.25. The molecule has 10 heteroatoms. The zero-order valence-electron chi connectivity index (χ0n) is 16.5. The molecule has 3 aromatic heterocycles. The number of anilines is 1. The first kappa shape index (κ1) is 19.2. The van der Waals surface area contributed by atoms with Crippen LogP contribution in [-0.4, -0.2) is 60.4 Å². The topological polar surface area (TPSA) is 101 Å². The Morgan fingerprint density at radius 1 is 1.13 bits per heavy atom. The van der Waals surface area contributed by atoms with E-state index < -0.39 is 5.54 Å². The lowest BCUT2D eigenvalue weighted by molar-refractivity contribution is 0.0849. The number of nitrogens with zero attached hydrogens (tertiary/aromatic N) is 6. The van der Waals surface area contributed by atoms with E-state index in [-0.39, 0.29) is 24.0 Å². The summed E-state index contributed by atoms with van der Waals surface area (Å²) < 4.78 is 16.5. The fraction of sp³-hybridized carbons (Fsp3) is 0.238. The van der Waals surface area contributed by atoms with Gasteiger partial charge >= 0.3 is 0 Å². The molecule has 1 saturated heterocycles. The van der Waals surface area contributed by atoms with Crippen molar-refractivity contribution in [2.75, 3.05) is 24.6 Å².